The van der Waals surface area contributed by atoms with Gasteiger partial charge in [-0.05, 0) is 12.5 Å². The molecule has 5 nitrogen and oxygen atoms in total. The third-order valence-electron chi connectivity index (χ3n) is 4.67. The maximum Gasteiger partial charge on any atom is 0.338 e. The Kier molecular flexibility index (Phi) is 5.30. The third kappa shape index (κ3) is 3.36. The monoisotopic (exact) mass is 392 g/mol. The zero-order chi connectivity index (χ0) is 19.5. The molecular formula is C22H20N2O3S. The van der Waals surface area contributed by atoms with Gasteiger partial charge in [0.2, 0.25) is 5.91 Å². The number of amidine groups is 1. The quantitative estimate of drug-likeness (QED) is 0.737. The summed E-state index contributed by atoms with van der Waals surface area (Å²) in [5, 5.41) is 0.636. The van der Waals surface area contributed by atoms with Gasteiger partial charge in [-0.25, -0.2) is 9.79 Å². The summed E-state index contributed by atoms with van der Waals surface area (Å²) in [4.78, 5) is 32.3. The molecule has 0 unspecified atom stereocenters. The molecule has 0 aliphatic carbocycles. The Balaban J connectivity index is 1.97. The summed E-state index contributed by atoms with van der Waals surface area (Å²) in [7, 11) is 0. The van der Waals surface area contributed by atoms with E-state index in [9.17, 15) is 9.59 Å². The van der Waals surface area contributed by atoms with E-state index in [0.29, 0.717) is 28.6 Å². The van der Waals surface area contributed by atoms with Crippen LogP contribution in [0.15, 0.2) is 71.2 Å². The number of carbonyl (C=O) groups excluding carboxylic acids is 2. The van der Waals surface area contributed by atoms with E-state index in [1.807, 2.05) is 60.7 Å². The Morgan fingerprint density at radius 1 is 1.14 bits per heavy atom. The molecule has 1 atom stereocenters. The van der Waals surface area contributed by atoms with E-state index in [2.05, 4.69) is 0 Å². The van der Waals surface area contributed by atoms with Crippen LogP contribution in [0.2, 0.25) is 0 Å². The summed E-state index contributed by atoms with van der Waals surface area (Å²) < 4.78 is 5.39. The summed E-state index contributed by atoms with van der Waals surface area (Å²) in [5.74, 6) is 0.216. The first kappa shape index (κ1) is 18.5. The molecule has 1 amide bonds. The van der Waals surface area contributed by atoms with Gasteiger partial charge in [0, 0.05) is 17.7 Å². The molecular weight excluding hydrogens is 372 g/mol. The number of hydrogen-bond acceptors (Lipinski definition) is 5. The number of amides is 1. The van der Waals surface area contributed by atoms with Crippen LogP contribution in [0.5, 0.6) is 0 Å². The second-order valence-corrected chi connectivity index (χ2v) is 7.48. The topological polar surface area (TPSA) is 59.0 Å². The SMILES string of the molecule is CCOC(=O)C1=C(c2ccccc2)N=C2SCCC(=O)N2[C@H]1c1ccccc1. The highest BCUT2D eigenvalue weighted by Gasteiger charge is 2.42. The van der Waals surface area contributed by atoms with Gasteiger partial charge >= 0.3 is 5.97 Å². The van der Waals surface area contributed by atoms with Gasteiger partial charge in [0.05, 0.1) is 23.9 Å². The van der Waals surface area contributed by atoms with E-state index in [-0.39, 0.29) is 12.5 Å². The van der Waals surface area contributed by atoms with E-state index in [4.69, 9.17) is 9.73 Å². The van der Waals surface area contributed by atoms with E-state index in [0.717, 1.165) is 11.1 Å². The van der Waals surface area contributed by atoms with Crippen LogP contribution in [0.1, 0.15) is 30.5 Å². The maximum absolute atomic E-state index is 13.1. The van der Waals surface area contributed by atoms with Gasteiger partial charge in [-0.3, -0.25) is 9.69 Å². The lowest BCUT2D eigenvalue weighted by Gasteiger charge is -2.39. The fourth-order valence-corrected chi connectivity index (χ4v) is 4.43. The molecule has 28 heavy (non-hydrogen) atoms. The molecule has 2 aromatic carbocycles. The van der Waals surface area contributed by atoms with Crippen molar-refractivity contribution in [2.75, 3.05) is 12.4 Å². The molecule has 1 fully saturated rings. The van der Waals surface area contributed by atoms with Gasteiger partial charge in [0.1, 0.15) is 0 Å². The fourth-order valence-electron chi connectivity index (χ4n) is 3.47. The first-order valence-corrected chi connectivity index (χ1v) is 10.2. The van der Waals surface area contributed by atoms with Gasteiger partial charge in [0.25, 0.3) is 0 Å². The number of benzene rings is 2. The van der Waals surface area contributed by atoms with Crippen LogP contribution in [0.25, 0.3) is 5.70 Å². The first-order chi connectivity index (χ1) is 13.7. The van der Waals surface area contributed by atoms with Crippen LogP contribution < -0.4 is 0 Å². The number of rotatable bonds is 4. The summed E-state index contributed by atoms with van der Waals surface area (Å²) in [6, 6.07) is 18.6. The minimum Gasteiger partial charge on any atom is -0.463 e. The predicted molar refractivity (Wildman–Crippen MR) is 111 cm³/mol. The lowest BCUT2D eigenvalue weighted by molar-refractivity contribution is -0.139. The Labute approximate surface area is 168 Å². The second kappa shape index (κ2) is 8.02. The summed E-state index contributed by atoms with van der Waals surface area (Å²) in [6.45, 7) is 2.03. The number of thioether (sulfide) groups is 1. The van der Waals surface area contributed by atoms with E-state index in [1.54, 1.807) is 23.6 Å². The molecule has 2 aliphatic heterocycles. The largest absolute Gasteiger partial charge is 0.463 e. The standard InChI is InChI=1S/C22H20N2O3S/c1-2-27-21(26)18-19(15-9-5-3-6-10-15)23-22-24(17(25)13-14-28-22)20(18)16-11-7-4-8-12-16/h3-12,20H,2,13-14H2,1H3/t20-/m0/s1. The average molecular weight is 392 g/mol. The van der Waals surface area contributed by atoms with Crippen LogP contribution in [0.3, 0.4) is 0 Å². The molecule has 0 saturated carbocycles. The lowest BCUT2D eigenvalue weighted by atomic mass is 9.92. The number of esters is 1. The molecule has 0 radical (unpaired) electrons. The smallest absolute Gasteiger partial charge is 0.338 e. The van der Waals surface area contributed by atoms with Gasteiger partial charge in [-0.1, -0.05) is 72.4 Å². The highest BCUT2D eigenvalue weighted by atomic mass is 32.2. The van der Waals surface area contributed by atoms with Crippen molar-refractivity contribution in [3.05, 3.63) is 77.4 Å². The Bertz CT molecular complexity index is 954. The molecule has 0 spiro atoms. The average Bonchev–Trinajstić information content (AvgIpc) is 2.74. The number of fused-ring (bicyclic) bond motifs is 1. The Hall–Kier alpha value is -2.86. The molecule has 4 rings (SSSR count). The fraction of sp³-hybridized carbons (Fsp3) is 0.227. The number of ether oxygens (including phenoxy) is 1. The van der Waals surface area contributed by atoms with Crippen LogP contribution in [-0.4, -0.2) is 34.3 Å². The van der Waals surface area contributed by atoms with Gasteiger partial charge in [0.15, 0.2) is 5.17 Å². The van der Waals surface area contributed by atoms with Gasteiger partial charge < -0.3 is 4.74 Å². The van der Waals surface area contributed by atoms with Crippen molar-refractivity contribution >= 4 is 34.5 Å². The van der Waals surface area contributed by atoms with E-state index in [1.165, 1.54) is 0 Å². The van der Waals surface area contributed by atoms with Crippen molar-refractivity contribution < 1.29 is 14.3 Å². The number of nitrogens with zero attached hydrogens (tertiary/aromatic N) is 2. The molecule has 0 bridgehead atoms. The van der Waals surface area contributed by atoms with Crippen molar-refractivity contribution in [3.63, 3.8) is 0 Å². The second-order valence-electron chi connectivity index (χ2n) is 6.42. The molecule has 2 aromatic rings. The van der Waals surface area contributed by atoms with Crippen LogP contribution in [0, 0.1) is 0 Å². The van der Waals surface area contributed by atoms with Gasteiger partial charge in [-0.2, -0.15) is 0 Å². The normalized spacial score (nSPS) is 19.2. The first-order valence-electron chi connectivity index (χ1n) is 9.26. The van der Waals surface area contributed by atoms with E-state index < -0.39 is 12.0 Å². The predicted octanol–water partition coefficient (Wildman–Crippen LogP) is 4.04. The van der Waals surface area contributed by atoms with Crippen molar-refractivity contribution in [2.24, 2.45) is 4.99 Å². The number of carbonyl (C=O) groups is 2. The minimum atomic E-state index is -0.553. The minimum absolute atomic E-state index is 0.0275. The van der Waals surface area contributed by atoms with Crippen molar-refractivity contribution in [1.29, 1.82) is 0 Å². The molecule has 6 heteroatoms. The van der Waals surface area contributed by atoms with Crippen molar-refractivity contribution in [1.82, 2.24) is 4.90 Å². The Morgan fingerprint density at radius 3 is 2.50 bits per heavy atom. The summed E-state index contributed by atoms with van der Waals surface area (Å²) in [5.41, 5.74) is 2.67. The molecule has 1 saturated heterocycles. The third-order valence-corrected chi connectivity index (χ3v) is 5.63. The Morgan fingerprint density at radius 2 is 1.82 bits per heavy atom. The van der Waals surface area contributed by atoms with Crippen molar-refractivity contribution in [3.8, 4) is 0 Å². The molecule has 2 heterocycles. The van der Waals surface area contributed by atoms with Crippen molar-refractivity contribution in [2.45, 2.75) is 19.4 Å². The summed E-state index contributed by atoms with van der Waals surface area (Å²) in [6.07, 6.45) is 0.420. The highest BCUT2D eigenvalue weighted by Crippen LogP contribution is 2.43. The number of hydrogen-bond donors (Lipinski definition) is 0. The molecule has 0 N–H and O–H groups in total. The van der Waals surface area contributed by atoms with E-state index >= 15 is 0 Å². The zero-order valence-corrected chi connectivity index (χ0v) is 16.3. The summed E-state index contributed by atoms with van der Waals surface area (Å²) >= 11 is 1.54. The highest BCUT2D eigenvalue weighted by molar-refractivity contribution is 8.14. The lowest BCUT2D eigenvalue weighted by Crippen LogP contribution is -2.45. The maximum atomic E-state index is 13.1. The van der Waals surface area contributed by atoms with Gasteiger partial charge in [-0.15, -0.1) is 0 Å². The molecule has 0 aromatic heterocycles. The zero-order valence-electron chi connectivity index (χ0n) is 15.5. The van der Waals surface area contributed by atoms with Crippen LogP contribution >= 0.6 is 11.8 Å². The molecule has 2 aliphatic rings. The van der Waals surface area contributed by atoms with Crippen LogP contribution in [-0.2, 0) is 14.3 Å². The molecule has 142 valence electrons. The van der Waals surface area contributed by atoms with Crippen LogP contribution in [0.4, 0.5) is 0 Å². The number of aliphatic imine (C=N–C) groups is 1.